The summed E-state index contributed by atoms with van der Waals surface area (Å²) in [7, 11) is 0. The van der Waals surface area contributed by atoms with Crippen LogP contribution in [-0.4, -0.2) is 57.0 Å². The molecule has 4 heterocycles. The number of ether oxygens (including phenoxy) is 1. The third-order valence-corrected chi connectivity index (χ3v) is 7.41. The number of carbonyl (C=O) groups excluding carboxylic acids is 1. The zero-order valence-electron chi connectivity index (χ0n) is 23.8. The number of halogens is 2. The number of hydrogen-bond donors (Lipinski definition) is 2. The van der Waals surface area contributed by atoms with Crippen LogP contribution in [0.1, 0.15) is 10.4 Å². The highest BCUT2D eigenvalue weighted by Crippen LogP contribution is 2.35. The molecule has 0 radical (unpaired) electrons. The first-order valence-corrected chi connectivity index (χ1v) is 14.3. The minimum Gasteiger partial charge on any atom is -0.378 e. The highest BCUT2D eigenvalue weighted by molar-refractivity contribution is 6.05. The second-order valence-corrected chi connectivity index (χ2v) is 10.3. The summed E-state index contributed by atoms with van der Waals surface area (Å²) in [5, 5.41) is 14.9. The molecule has 2 N–H and O–H groups in total. The van der Waals surface area contributed by atoms with E-state index in [0.717, 1.165) is 36.6 Å². The van der Waals surface area contributed by atoms with Crippen molar-refractivity contribution < 1.29 is 18.3 Å². The molecule has 0 saturated carbocycles. The number of morpholine rings is 1. The minimum absolute atomic E-state index is 0.335. The van der Waals surface area contributed by atoms with E-state index in [9.17, 15) is 13.6 Å². The van der Waals surface area contributed by atoms with Gasteiger partial charge >= 0.3 is 0 Å². The molecule has 3 aromatic carbocycles. The molecule has 1 amide bonds. The maximum absolute atomic E-state index is 14.2. The van der Waals surface area contributed by atoms with E-state index in [1.807, 2.05) is 24.3 Å². The van der Waals surface area contributed by atoms with E-state index >= 15 is 0 Å². The summed E-state index contributed by atoms with van der Waals surface area (Å²) >= 11 is 0. The molecule has 224 valence electrons. The van der Waals surface area contributed by atoms with Crippen LogP contribution in [0.3, 0.4) is 0 Å². The largest absolute Gasteiger partial charge is 0.378 e. The second-order valence-electron chi connectivity index (χ2n) is 10.3. The third-order valence-electron chi connectivity index (χ3n) is 7.41. The molecule has 0 atom stereocenters. The molecular formula is C33H26F2N8O2. The Bertz CT molecular complexity index is 1990. The number of benzene rings is 3. The highest BCUT2D eigenvalue weighted by Gasteiger charge is 2.21. The summed E-state index contributed by atoms with van der Waals surface area (Å²) in [5.74, 6) is -2.39. The van der Waals surface area contributed by atoms with Crippen molar-refractivity contribution in [2.45, 2.75) is 0 Å². The maximum Gasteiger partial charge on any atom is 0.261 e. The highest BCUT2D eigenvalue weighted by atomic mass is 19.1. The molecule has 10 nitrogen and oxygen atoms in total. The van der Waals surface area contributed by atoms with E-state index in [2.05, 4.69) is 37.7 Å². The average Bonchev–Trinajstić information content (AvgIpc) is 3.46. The van der Waals surface area contributed by atoms with Crippen LogP contribution < -0.4 is 15.5 Å². The molecule has 7 rings (SSSR count). The molecule has 1 aliphatic rings. The van der Waals surface area contributed by atoms with Crippen molar-refractivity contribution in [3.63, 3.8) is 0 Å². The van der Waals surface area contributed by atoms with Gasteiger partial charge in [0.2, 0.25) is 5.95 Å². The Morgan fingerprint density at radius 2 is 1.62 bits per heavy atom. The van der Waals surface area contributed by atoms with Crippen LogP contribution in [0.15, 0.2) is 97.3 Å². The number of amides is 1. The van der Waals surface area contributed by atoms with Crippen LogP contribution in [0.2, 0.25) is 0 Å². The fraction of sp³-hybridized carbons (Fsp3) is 0.121. The second kappa shape index (κ2) is 12.1. The number of carbonyl (C=O) groups is 1. The summed E-state index contributed by atoms with van der Waals surface area (Å²) in [5.41, 5.74) is 4.81. The van der Waals surface area contributed by atoms with Crippen molar-refractivity contribution in [3.8, 4) is 22.5 Å². The Kier molecular flexibility index (Phi) is 7.54. The van der Waals surface area contributed by atoms with Gasteiger partial charge in [-0.25, -0.2) is 18.7 Å². The molecule has 6 aromatic rings. The predicted molar refractivity (Wildman–Crippen MR) is 167 cm³/mol. The Morgan fingerprint density at radius 1 is 0.844 bits per heavy atom. The number of nitrogens with zero attached hydrogens (tertiary/aromatic N) is 6. The Labute approximate surface area is 256 Å². The smallest absolute Gasteiger partial charge is 0.261 e. The molecular weight excluding hydrogens is 578 g/mol. The van der Waals surface area contributed by atoms with E-state index in [1.165, 1.54) is 10.7 Å². The first-order chi connectivity index (χ1) is 22.0. The normalized spacial score (nSPS) is 13.2. The number of aromatic nitrogens is 5. The first-order valence-electron chi connectivity index (χ1n) is 14.3. The van der Waals surface area contributed by atoms with Crippen LogP contribution in [0.5, 0.6) is 0 Å². The van der Waals surface area contributed by atoms with Crippen LogP contribution in [0.25, 0.3) is 28.0 Å². The molecule has 12 heteroatoms. The van der Waals surface area contributed by atoms with Crippen LogP contribution >= 0.6 is 0 Å². The van der Waals surface area contributed by atoms with Gasteiger partial charge in [-0.1, -0.05) is 18.2 Å². The van der Waals surface area contributed by atoms with E-state index in [0.29, 0.717) is 52.9 Å². The Morgan fingerprint density at radius 3 is 2.42 bits per heavy atom. The lowest BCUT2D eigenvalue weighted by Crippen LogP contribution is -2.36. The van der Waals surface area contributed by atoms with Crippen LogP contribution in [0.4, 0.5) is 31.8 Å². The summed E-state index contributed by atoms with van der Waals surface area (Å²) in [6.45, 7) is 3.14. The lowest BCUT2D eigenvalue weighted by Gasteiger charge is -2.28. The van der Waals surface area contributed by atoms with E-state index < -0.39 is 23.1 Å². The van der Waals surface area contributed by atoms with Gasteiger partial charge in [0.1, 0.15) is 22.9 Å². The molecule has 0 spiro atoms. The summed E-state index contributed by atoms with van der Waals surface area (Å²) in [4.78, 5) is 24.3. The van der Waals surface area contributed by atoms with Gasteiger partial charge in [-0.3, -0.25) is 4.79 Å². The van der Waals surface area contributed by atoms with Crippen molar-refractivity contribution in [1.82, 2.24) is 24.8 Å². The number of fused-ring (bicyclic) bond motifs is 1. The van der Waals surface area contributed by atoms with Crippen molar-refractivity contribution in [2.24, 2.45) is 0 Å². The summed E-state index contributed by atoms with van der Waals surface area (Å²) < 4.78 is 35.4. The third kappa shape index (κ3) is 5.78. The van der Waals surface area contributed by atoms with Gasteiger partial charge in [-0.05, 0) is 66.7 Å². The molecule has 45 heavy (non-hydrogen) atoms. The van der Waals surface area contributed by atoms with E-state index in [1.54, 1.807) is 42.7 Å². The standard InChI is InChI=1S/C33H26F2N8O2/c34-25-6-2-7-26(35)29(25)32(44)38-23-5-1-4-21(20-23)31-30(28-8-3-14-37-43(28)41-31)27-13-15-36-33(40-27)39-22-9-11-24(12-10-22)42-16-18-45-19-17-42/h1-15,20H,16-19H2,(H,38,44)(H,36,39,40). The van der Waals surface area contributed by atoms with Crippen molar-refractivity contribution in [3.05, 3.63) is 115 Å². The van der Waals surface area contributed by atoms with Gasteiger partial charge in [0.05, 0.1) is 30.0 Å². The number of nitrogens with one attached hydrogen (secondary N) is 2. The average molecular weight is 605 g/mol. The lowest BCUT2D eigenvalue weighted by molar-refractivity contribution is 0.101. The molecule has 1 fully saturated rings. The van der Waals surface area contributed by atoms with E-state index in [4.69, 9.17) is 14.8 Å². The van der Waals surface area contributed by atoms with Gasteiger partial charge < -0.3 is 20.3 Å². The molecule has 0 aliphatic carbocycles. The molecule has 1 aliphatic heterocycles. The molecule has 3 aromatic heterocycles. The topological polar surface area (TPSA) is 110 Å². The summed E-state index contributed by atoms with van der Waals surface area (Å²) in [6, 6.07) is 23.7. The fourth-order valence-corrected chi connectivity index (χ4v) is 5.27. The zero-order chi connectivity index (χ0) is 30.8. The van der Waals surface area contributed by atoms with E-state index in [-0.39, 0.29) is 0 Å². The van der Waals surface area contributed by atoms with Gasteiger partial charge in [-0.2, -0.15) is 9.73 Å². The fourth-order valence-electron chi connectivity index (χ4n) is 5.27. The Balaban J connectivity index is 1.20. The Hall–Kier alpha value is -5.75. The predicted octanol–water partition coefficient (Wildman–Crippen LogP) is 5.96. The van der Waals surface area contributed by atoms with Gasteiger partial charge in [-0.15, -0.1) is 5.10 Å². The quantitative estimate of drug-likeness (QED) is 0.230. The lowest BCUT2D eigenvalue weighted by atomic mass is 10.0. The monoisotopic (exact) mass is 604 g/mol. The maximum atomic E-state index is 14.2. The first kappa shape index (κ1) is 28.0. The molecule has 1 saturated heterocycles. The molecule has 0 unspecified atom stereocenters. The SMILES string of the molecule is O=C(Nc1cccc(-c2nn3ncccc3c2-c2ccnc(Nc3ccc(N4CCOCC4)cc3)n2)c1)c1c(F)cccc1F. The number of rotatable bonds is 7. The van der Waals surface area contributed by atoms with Crippen LogP contribution in [0, 0.1) is 11.6 Å². The van der Waals surface area contributed by atoms with Crippen molar-refractivity contribution in [1.29, 1.82) is 0 Å². The van der Waals surface area contributed by atoms with Gasteiger partial charge in [0.15, 0.2) is 0 Å². The van der Waals surface area contributed by atoms with Crippen LogP contribution in [-0.2, 0) is 4.74 Å². The van der Waals surface area contributed by atoms with Gasteiger partial charge in [0, 0.05) is 48.1 Å². The zero-order valence-corrected chi connectivity index (χ0v) is 23.8. The van der Waals surface area contributed by atoms with Crippen molar-refractivity contribution >= 4 is 34.4 Å². The minimum atomic E-state index is -0.946. The number of anilines is 4. The van der Waals surface area contributed by atoms with Crippen molar-refractivity contribution in [2.75, 3.05) is 41.8 Å². The summed E-state index contributed by atoms with van der Waals surface area (Å²) in [6.07, 6.45) is 3.29. The molecule has 0 bridgehead atoms. The van der Waals surface area contributed by atoms with Gasteiger partial charge in [0.25, 0.3) is 5.91 Å². The number of hydrogen-bond acceptors (Lipinski definition) is 8.